The molecule has 2 atom stereocenters. The first-order valence-electron chi connectivity index (χ1n) is 7.95. The van der Waals surface area contributed by atoms with Crippen LogP contribution in [0.25, 0.3) is 0 Å². The number of rotatable bonds is 6. The first-order chi connectivity index (χ1) is 10.1. The largest absolute Gasteiger partial charge is 0.323 e. The summed E-state index contributed by atoms with van der Waals surface area (Å²) in [6.07, 6.45) is 2.41. The Labute approximate surface area is 127 Å². The number of hydrogen-bond donors (Lipinski definition) is 2. The van der Waals surface area contributed by atoms with E-state index in [4.69, 9.17) is 0 Å². The van der Waals surface area contributed by atoms with Crippen LogP contribution in [0, 0.1) is 5.92 Å². The van der Waals surface area contributed by atoms with Crippen molar-refractivity contribution in [2.45, 2.75) is 46.2 Å². The Hall–Kier alpha value is -1.55. The Balaban J connectivity index is 2.26. The molecule has 0 bridgehead atoms. The van der Waals surface area contributed by atoms with Gasteiger partial charge in [0.2, 0.25) is 0 Å². The molecule has 0 aromatic heterocycles. The van der Waals surface area contributed by atoms with E-state index < -0.39 is 0 Å². The van der Waals surface area contributed by atoms with Crippen LogP contribution in [-0.2, 0) is 6.54 Å². The number of urea groups is 1. The van der Waals surface area contributed by atoms with Crippen LogP contribution in [0.15, 0.2) is 18.2 Å². The summed E-state index contributed by atoms with van der Waals surface area (Å²) < 4.78 is 0. The van der Waals surface area contributed by atoms with Gasteiger partial charge in [-0.25, -0.2) is 4.79 Å². The first-order valence-corrected chi connectivity index (χ1v) is 7.95. The van der Waals surface area contributed by atoms with Crippen LogP contribution in [0.4, 0.5) is 10.5 Å². The molecule has 0 saturated heterocycles. The molecule has 2 amide bonds. The van der Waals surface area contributed by atoms with Gasteiger partial charge < -0.3 is 15.5 Å². The molecule has 1 aliphatic heterocycles. The lowest BCUT2D eigenvalue weighted by molar-refractivity contribution is 0.218. The van der Waals surface area contributed by atoms with Crippen LogP contribution < -0.4 is 10.6 Å². The van der Waals surface area contributed by atoms with Crippen molar-refractivity contribution in [3.05, 3.63) is 29.3 Å². The molecule has 0 spiro atoms. The molecular formula is C17H27N3O. The van der Waals surface area contributed by atoms with Gasteiger partial charge >= 0.3 is 6.03 Å². The summed E-state index contributed by atoms with van der Waals surface area (Å²) in [4.78, 5) is 13.4. The van der Waals surface area contributed by atoms with Crippen LogP contribution in [0.2, 0.25) is 0 Å². The number of carbonyl (C=O) groups is 1. The number of carbonyl (C=O) groups excluding carboxylic acids is 1. The van der Waals surface area contributed by atoms with E-state index in [1.807, 2.05) is 13.1 Å². The molecule has 1 heterocycles. The highest BCUT2D eigenvalue weighted by atomic mass is 16.2. The van der Waals surface area contributed by atoms with E-state index in [9.17, 15) is 4.79 Å². The van der Waals surface area contributed by atoms with E-state index in [1.54, 1.807) is 4.90 Å². The third kappa shape index (κ3) is 3.56. The molecule has 1 aliphatic rings. The first kappa shape index (κ1) is 15.8. The van der Waals surface area contributed by atoms with E-state index in [-0.39, 0.29) is 6.03 Å². The number of nitrogens with one attached hydrogen (secondary N) is 2. The fraction of sp³-hybridized carbons (Fsp3) is 0.588. The molecule has 2 unspecified atom stereocenters. The monoisotopic (exact) mass is 289 g/mol. The number of benzene rings is 1. The van der Waals surface area contributed by atoms with Gasteiger partial charge in [-0.3, -0.25) is 0 Å². The average molecular weight is 289 g/mol. The van der Waals surface area contributed by atoms with Crippen molar-refractivity contribution in [2.24, 2.45) is 5.92 Å². The topological polar surface area (TPSA) is 44.4 Å². The van der Waals surface area contributed by atoms with Gasteiger partial charge in [-0.1, -0.05) is 39.3 Å². The Morgan fingerprint density at radius 1 is 1.38 bits per heavy atom. The Morgan fingerprint density at radius 3 is 2.81 bits per heavy atom. The zero-order valence-electron chi connectivity index (χ0n) is 13.6. The minimum Gasteiger partial charge on any atom is -0.323 e. The maximum atomic E-state index is 11.7. The molecule has 1 aromatic rings. The predicted molar refractivity (Wildman–Crippen MR) is 87.4 cm³/mol. The summed E-state index contributed by atoms with van der Waals surface area (Å²) in [5.74, 6) is 0.601. The molecule has 2 rings (SSSR count). The van der Waals surface area contributed by atoms with Crippen LogP contribution in [0.1, 0.15) is 50.8 Å². The summed E-state index contributed by atoms with van der Waals surface area (Å²) in [7, 11) is 1.83. The molecule has 4 heteroatoms. The molecule has 0 aliphatic carbocycles. The second-order valence-electron chi connectivity index (χ2n) is 6.00. The Morgan fingerprint density at radius 2 is 2.14 bits per heavy atom. The van der Waals surface area contributed by atoms with Gasteiger partial charge in [0.05, 0.1) is 0 Å². The smallest absolute Gasteiger partial charge is 0.321 e. The molecule has 2 N–H and O–H groups in total. The second-order valence-corrected chi connectivity index (χ2v) is 6.00. The highest BCUT2D eigenvalue weighted by Gasteiger charge is 2.22. The second kappa shape index (κ2) is 6.94. The zero-order chi connectivity index (χ0) is 15.4. The standard InChI is InChI=1S/C17H27N3O/c1-5-7-12(3)16(18-6-2)13-8-9-15-14(10-13)11-20(4)17(21)19-15/h8-10,12,16,18H,5-7,11H2,1-4H3,(H,19,21). The van der Waals surface area contributed by atoms with E-state index in [1.165, 1.54) is 24.0 Å². The Bertz CT molecular complexity index is 501. The van der Waals surface area contributed by atoms with Crippen LogP contribution in [-0.4, -0.2) is 24.5 Å². The fourth-order valence-corrected chi connectivity index (χ4v) is 3.09. The van der Waals surface area contributed by atoms with E-state index >= 15 is 0 Å². The number of fused-ring (bicyclic) bond motifs is 1. The summed E-state index contributed by atoms with van der Waals surface area (Å²) in [6, 6.07) is 6.77. The quantitative estimate of drug-likeness (QED) is 0.837. The number of anilines is 1. The summed E-state index contributed by atoms with van der Waals surface area (Å²) in [5.41, 5.74) is 3.46. The van der Waals surface area contributed by atoms with E-state index in [2.05, 4.69) is 43.5 Å². The van der Waals surface area contributed by atoms with Gasteiger partial charge in [0.1, 0.15) is 0 Å². The minimum atomic E-state index is -0.0298. The maximum Gasteiger partial charge on any atom is 0.321 e. The zero-order valence-corrected chi connectivity index (χ0v) is 13.6. The normalized spacial score (nSPS) is 17.1. The van der Waals surface area contributed by atoms with Crippen molar-refractivity contribution < 1.29 is 4.79 Å². The summed E-state index contributed by atoms with van der Waals surface area (Å²) in [6.45, 7) is 8.33. The van der Waals surface area contributed by atoms with Crippen LogP contribution in [0.5, 0.6) is 0 Å². The summed E-state index contributed by atoms with van der Waals surface area (Å²) >= 11 is 0. The lowest BCUT2D eigenvalue weighted by Crippen LogP contribution is -2.35. The van der Waals surface area contributed by atoms with Crippen LogP contribution >= 0.6 is 0 Å². The number of amides is 2. The SMILES string of the molecule is CCCC(C)C(NCC)c1ccc2c(c1)CN(C)C(=O)N2. The van der Waals surface area contributed by atoms with Gasteiger partial charge in [0.15, 0.2) is 0 Å². The van der Waals surface area contributed by atoms with E-state index in [0.717, 1.165) is 12.2 Å². The molecule has 116 valence electrons. The third-order valence-corrected chi connectivity index (χ3v) is 4.22. The lowest BCUT2D eigenvalue weighted by Gasteiger charge is -2.29. The average Bonchev–Trinajstić information content (AvgIpc) is 2.46. The van der Waals surface area contributed by atoms with Gasteiger partial charge in [-0.05, 0) is 36.1 Å². The van der Waals surface area contributed by atoms with Crippen molar-refractivity contribution in [3.8, 4) is 0 Å². The number of nitrogens with zero attached hydrogens (tertiary/aromatic N) is 1. The molecule has 0 radical (unpaired) electrons. The third-order valence-electron chi connectivity index (χ3n) is 4.22. The highest BCUT2D eigenvalue weighted by Crippen LogP contribution is 2.30. The molecule has 21 heavy (non-hydrogen) atoms. The maximum absolute atomic E-state index is 11.7. The van der Waals surface area contributed by atoms with Gasteiger partial charge in [0.25, 0.3) is 0 Å². The fourth-order valence-electron chi connectivity index (χ4n) is 3.09. The molecule has 4 nitrogen and oxygen atoms in total. The van der Waals surface area contributed by atoms with Crippen molar-refractivity contribution in [1.82, 2.24) is 10.2 Å². The van der Waals surface area contributed by atoms with Crippen molar-refractivity contribution in [3.63, 3.8) is 0 Å². The Kier molecular flexibility index (Phi) is 5.23. The molecule has 0 saturated carbocycles. The molecule has 1 aromatic carbocycles. The molecular weight excluding hydrogens is 262 g/mol. The van der Waals surface area contributed by atoms with Crippen LogP contribution in [0.3, 0.4) is 0 Å². The van der Waals surface area contributed by atoms with E-state index in [0.29, 0.717) is 18.5 Å². The molecule has 0 fully saturated rings. The van der Waals surface area contributed by atoms with Crippen molar-refractivity contribution in [1.29, 1.82) is 0 Å². The predicted octanol–water partition coefficient (Wildman–Crippen LogP) is 3.75. The van der Waals surface area contributed by atoms with Gasteiger partial charge in [-0.2, -0.15) is 0 Å². The lowest BCUT2D eigenvalue weighted by atomic mass is 9.89. The minimum absolute atomic E-state index is 0.0298. The van der Waals surface area contributed by atoms with Crippen molar-refractivity contribution >= 4 is 11.7 Å². The van der Waals surface area contributed by atoms with Gasteiger partial charge in [-0.15, -0.1) is 0 Å². The summed E-state index contributed by atoms with van der Waals surface area (Å²) in [5, 5.41) is 6.54. The van der Waals surface area contributed by atoms with Gasteiger partial charge in [0, 0.05) is 25.3 Å². The number of hydrogen-bond acceptors (Lipinski definition) is 2. The van der Waals surface area contributed by atoms with Crippen molar-refractivity contribution in [2.75, 3.05) is 18.9 Å². The highest BCUT2D eigenvalue weighted by molar-refractivity contribution is 5.92.